The van der Waals surface area contributed by atoms with Crippen LogP contribution in [0.2, 0.25) is 10.0 Å². The number of aromatic nitrogens is 1. The highest BCUT2D eigenvalue weighted by molar-refractivity contribution is 7.98. The SMILES string of the molecule is COc1cc(CNC(=O)C(CCSC)NS(=O)(=O)c2cc(Cl)ccc2Cl)ccn1. The maximum atomic E-state index is 12.8. The highest BCUT2D eigenvalue weighted by Crippen LogP contribution is 2.25. The zero-order chi connectivity index (χ0) is 21.4. The van der Waals surface area contributed by atoms with Crippen molar-refractivity contribution in [1.82, 2.24) is 15.0 Å². The number of halogens is 2. The summed E-state index contributed by atoms with van der Waals surface area (Å²) >= 11 is 13.4. The van der Waals surface area contributed by atoms with Crippen LogP contribution in [-0.4, -0.2) is 44.5 Å². The summed E-state index contributed by atoms with van der Waals surface area (Å²) < 4.78 is 33.0. The minimum Gasteiger partial charge on any atom is -0.481 e. The number of amides is 1. The summed E-state index contributed by atoms with van der Waals surface area (Å²) in [4.78, 5) is 16.5. The molecule has 0 bridgehead atoms. The molecule has 0 fully saturated rings. The molecule has 11 heteroatoms. The largest absolute Gasteiger partial charge is 0.481 e. The summed E-state index contributed by atoms with van der Waals surface area (Å²) in [5.74, 6) is 0.566. The topological polar surface area (TPSA) is 97.4 Å². The number of benzene rings is 1. The van der Waals surface area contributed by atoms with Crippen molar-refractivity contribution in [2.24, 2.45) is 0 Å². The third-order valence-electron chi connectivity index (χ3n) is 3.88. The fourth-order valence-electron chi connectivity index (χ4n) is 2.40. The Labute approximate surface area is 184 Å². The maximum Gasteiger partial charge on any atom is 0.242 e. The Bertz CT molecular complexity index is 958. The first-order valence-electron chi connectivity index (χ1n) is 8.49. The quantitative estimate of drug-likeness (QED) is 0.545. The number of pyridine rings is 1. The summed E-state index contributed by atoms with van der Waals surface area (Å²) in [6.45, 7) is 0.202. The Hall–Kier alpha value is -1.52. The number of ether oxygens (including phenoxy) is 1. The van der Waals surface area contributed by atoms with Crippen LogP contribution in [0.1, 0.15) is 12.0 Å². The number of methoxy groups -OCH3 is 1. The normalized spacial score (nSPS) is 12.4. The Morgan fingerprint density at radius 1 is 1.28 bits per heavy atom. The average molecular weight is 478 g/mol. The molecule has 0 saturated heterocycles. The number of sulfonamides is 1. The number of nitrogens with zero attached hydrogens (tertiary/aromatic N) is 1. The van der Waals surface area contributed by atoms with Crippen molar-refractivity contribution in [1.29, 1.82) is 0 Å². The number of rotatable bonds is 10. The van der Waals surface area contributed by atoms with Gasteiger partial charge in [0.15, 0.2) is 0 Å². The van der Waals surface area contributed by atoms with Crippen molar-refractivity contribution >= 4 is 50.9 Å². The van der Waals surface area contributed by atoms with Gasteiger partial charge in [0.2, 0.25) is 21.8 Å². The second-order valence-corrected chi connectivity index (χ2v) is 9.47. The molecule has 0 aliphatic carbocycles. The van der Waals surface area contributed by atoms with E-state index in [0.717, 1.165) is 5.56 Å². The van der Waals surface area contributed by atoms with Gasteiger partial charge in [0, 0.05) is 23.8 Å². The van der Waals surface area contributed by atoms with E-state index in [4.69, 9.17) is 27.9 Å². The van der Waals surface area contributed by atoms with Gasteiger partial charge in [-0.05, 0) is 48.3 Å². The number of carbonyl (C=O) groups is 1. The molecule has 2 N–H and O–H groups in total. The zero-order valence-corrected chi connectivity index (χ0v) is 19.0. The van der Waals surface area contributed by atoms with Crippen molar-refractivity contribution in [2.75, 3.05) is 19.1 Å². The van der Waals surface area contributed by atoms with Crippen molar-refractivity contribution in [3.05, 3.63) is 52.1 Å². The first-order chi connectivity index (χ1) is 13.8. The number of thioether (sulfide) groups is 1. The minimum absolute atomic E-state index is 0.0230. The standard InChI is InChI=1S/C18H21Cl2N3O4S2/c1-27-17-9-12(5-7-21-17)11-22-18(24)15(6-8-28-2)23-29(25,26)16-10-13(19)3-4-14(16)20/h3-5,7,9-10,15,23H,6,8,11H2,1-2H3,(H,22,24). The van der Waals surface area contributed by atoms with Crippen LogP contribution in [0.25, 0.3) is 0 Å². The molecule has 158 valence electrons. The van der Waals surface area contributed by atoms with Crippen molar-refractivity contribution in [3.63, 3.8) is 0 Å². The van der Waals surface area contributed by atoms with Crippen molar-refractivity contribution < 1.29 is 17.9 Å². The molecule has 7 nitrogen and oxygen atoms in total. The van der Waals surface area contributed by atoms with E-state index in [0.29, 0.717) is 18.1 Å². The zero-order valence-electron chi connectivity index (χ0n) is 15.8. The van der Waals surface area contributed by atoms with E-state index in [1.54, 1.807) is 18.3 Å². The van der Waals surface area contributed by atoms with Gasteiger partial charge in [-0.2, -0.15) is 16.5 Å². The third kappa shape index (κ3) is 7.04. The molecular formula is C18H21Cl2N3O4S2. The molecule has 0 spiro atoms. The fraction of sp³-hybridized carbons (Fsp3) is 0.333. The van der Waals surface area contributed by atoms with Crippen LogP contribution in [0, 0.1) is 0 Å². The predicted molar refractivity (Wildman–Crippen MR) is 116 cm³/mol. The highest BCUT2D eigenvalue weighted by atomic mass is 35.5. The van der Waals surface area contributed by atoms with E-state index >= 15 is 0 Å². The minimum atomic E-state index is -4.05. The molecule has 29 heavy (non-hydrogen) atoms. The molecule has 0 aliphatic heterocycles. The first-order valence-corrected chi connectivity index (χ1v) is 12.1. The Morgan fingerprint density at radius 2 is 2.03 bits per heavy atom. The van der Waals surface area contributed by atoms with Crippen LogP contribution in [0.15, 0.2) is 41.4 Å². The van der Waals surface area contributed by atoms with Gasteiger partial charge in [0.1, 0.15) is 10.9 Å². The lowest BCUT2D eigenvalue weighted by atomic mass is 10.2. The average Bonchev–Trinajstić information content (AvgIpc) is 2.71. The summed E-state index contributed by atoms with van der Waals surface area (Å²) in [6.07, 6.45) is 3.75. The number of nitrogens with one attached hydrogen (secondary N) is 2. The summed E-state index contributed by atoms with van der Waals surface area (Å²) in [5.41, 5.74) is 0.773. The van der Waals surface area contributed by atoms with E-state index in [1.807, 2.05) is 6.26 Å². The van der Waals surface area contributed by atoms with Gasteiger partial charge in [-0.1, -0.05) is 23.2 Å². The van der Waals surface area contributed by atoms with Gasteiger partial charge >= 0.3 is 0 Å². The van der Waals surface area contributed by atoms with E-state index < -0.39 is 22.0 Å². The molecule has 1 heterocycles. The molecule has 1 amide bonds. The lowest BCUT2D eigenvalue weighted by Gasteiger charge is -2.19. The smallest absolute Gasteiger partial charge is 0.242 e. The van der Waals surface area contributed by atoms with Crippen LogP contribution in [0.3, 0.4) is 0 Å². The number of hydrogen-bond acceptors (Lipinski definition) is 6. The second-order valence-electron chi connectivity index (χ2n) is 5.95. The van der Waals surface area contributed by atoms with Gasteiger partial charge in [0.05, 0.1) is 12.1 Å². The van der Waals surface area contributed by atoms with Crippen LogP contribution in [0.5, 0.6) is 5.88 Å². The fourth-order valence-corrected chi connectivity index (χ4v) is 4.86. The van der Waals surface area contributed by atoms with Gasteiger partial charge in [0.25, 0.3) is 0 Å². The molecule has 1 unspecified atom stereocenters. The summed E-state index contributed by atoms with van der Waals surface area (Å²) in [7, 11) is -2.55. The predicted octanol–water partition coefficient (Wildman–Crippen LogP) is 3.11. The van der Waals surface area contributed by atoms with Gasteiger partial charge < -0.3 is 10.1 Å². The van der Waals surface area contributed by atoms with Gasteiger partial charge in [-0.25, -0.2) is 13.4 Å². The Balaban J connectivity index is 2.14. The second kappa shape index (κ2) is 11.0. The van der Waals surface area contributed by atoms with E-state index in [1.165, 1.54) is 37.1 Å². The van der Waals surface area contributed by atoms with Crippen LogP contribution in [-0.2, 0) is 21.4 Å². The first kappa shape index (κ1) is 23.8. The molecule has 2 aromatic rings. The van der Waals surface area contributed by atoms with Gasteiger partial charge in [-0.3, -0.25) is 4.79 Å². The lowest BCUT2D eigenvalue weighted by molar-refractivity contribution is -0.122. The molecule has 2 rings (SSSR count). The Morgan fingerprint density at radius 3 is 2.72 bits per heavy atom. The third-order valence-corrected chi connectivity index (χ3v) is 6.71. The van der Waals surface area contributed by atoms with E-state index in [-0.39, 0.29) is 21.5 Å². The number of hydrogen-bond donors (Lipinski definition) is 2. The van der Waals surface area contributed by atoms with E-state index in [2.05, 4.69) is 15.0 Å². The van der Waals surface area contributed by atoms with Crippen LogP contribution >= 0.6 is 35.0 Å². The number of carbonyl (C=O) groups excluding carboxylic acids is 1. The molecular weight excluding hydrogens is 457 g/mol. The molecule has 0 aliphatic rings. The monoisotopic (exact) mass is 477 g/mol. The molecule has 1 aromatic carbocycles. The summed E-state index contributed by atoms with van der Waals surface area (Å²) in [6, 6.07) is 6.59. The maximum absolute atomic E-state index is 12.8. The molecule has 1 aromatic heterocycles. The van der Waals surface area contributed by atoms with Crippen LogP contribution in [0.4, 0.5) is 0 Å². The highest BCUT2D eigenvalue weighted by Gasteiger charge is 2.27. The molecule has 0 saturated carbocycles. The molecule has 1 atom stereocenters. The van der Waals surface area contributed by atoms with Crippen molar-refractivity contribution in [2.45, 2.75) is 23.9 Å². The lowest BCUT2D eigenvalue weighted by Crippen LogP contribution is -2.46. The summed E-state index contributed by atoms with van der Waals surface area (Å²) in [5, 5.41) is 2.99. The Kier molecular flexibility index (Phi) is 9.04. The van der Waals surface area contributed by atoms with Gasteiger partial charge in [-0.15, -0.1) is 0 Å². The molecule has 0 radical (unpaired) electrons. The van der Waals surface area contributed by atoms with Crippen molar-refractivity contribution in [3.8, 4) is 5.88 Å². The van der Waals surface area contributed by atoms with Crippen LogP contribution < -0.4 is 14.8 Å². The van der Waals surface area contributed by atoms with E-state index in [9.17, 15) is 13.2 Å².